The molecule has 0 spiro atoms. The van der Waals surface area contributed by atoms with Crippen molar-refractivity contribution in [2.45, 2.75) is 52.2 Å². The van der Waals surface area contributed by atoms with Crippen LogP contribution >= 0.6 is 0 Å². The van der Waals surface area contributed by atoms with E-state index in [4.69, 9.17) is 0 Å². The van der Waals surface area contributed by atoms with E-state index in [1.165, 1.54) is 0 Å². The van der Waals surface area contributed by atoms with E-state index in [9.17, 15) is 4.79 Å². The highest BCUT2D eigenvalue weighted by Gasteiger charge is 2.26. The molecule has 1 nitrogen and oxygen atoms in total. The third-order valence-corrected chi connectivity index (χ3v) is 5.92. The van der Waals surface area contributed by atoms with Crippen molar-refractivity contribution in [1.82, 2.24) is 0 Å². The van der Waals surface area contributed by atoms with E-state index in [0.29, 0.717) is 5.41 Å². The first-order chi connectivity index (χ1) is 5.04. The molecule has 66 valence electrons. The summed E-state index contributed by atoms with van der Waals surface area (Å²) in [5.41, 5.74) is 0. The lowest BCUT2D eigenvalue weighted by Crippen LogP contribution is -2.36. The second-order valence-electron chi connectivity index (χ2n) is 3.76. The maximum absolute atomic E-state index is 11.5. The Morgan fingerprint density at radius 2 is 1.82 bits per heavy atom. The lowest BCUT2D eigenvalue weighted by Gasteiger charge is -2.17. The molecule has 11 heavy (non-hydrogen) atoms. The van der Waals surface area contributed by atoms with Gasteiger partial charge >= 0.3 is 0 Å². The van der Waals surface area contributed by atoms with Gasteiger partial charge in [0.15, 0.2) is 0 Å². The third-order valence-electron chi connectivity index (χ3n) is 2.40. The summed E-state index contributed by atoms with van der Waals surface area (Å²) >= 11 is 0. The van der Waals surface area contributed by atoms with Crippen molar-refractivity contribution in [3.63, 3.8) is 0 Å². The normalized spacial score (nSPS) is 11.6. The number of carbonyl (C=O) groups excluding carboxylic acids is 1. The molecular weight excluding hydrogens is 152 g/mol. The summed E-state index contributed by atoms with van der Waals surface area (Å²) in [6, 6.07) is 1.09. The van der Waals surface area contributed by atoms with Crippen LogP contribution in [0.4, 0.5) is 0 Å². The summed E-state index contributed by atoms with van der Waals surface area (Å²) in [6.07, 6.45) is 3.04. The molecule has 0 aromatic rings. The van der Waals surface area contributed by atoms with Crippen LogP contribution in [-0.2, 0) is 4.79 Å². The summed E-state index contributed by atoms with van der Waals surface area (Å²) in [4.78, 5) is 11.5. The quantitative estimate of drug-likeness (QED) is 0.583. The standard InChI is InChI=1S/C9H20OSi/c1-5-7-8-9(10)11(3,4)6-2/h5-8H2,1-4H3. The van der Waals surface area contributed by atoms with Gasteiger partial charge in [0.2, 0.25) is 0 Å². The van der Waals surface area contributed by atoms with Crippen LogP contribution in [0.1, 0.15) is 33.1 Å². The number of carbonyl (C=O) groups is 1. The van der Waals surface area contributed by atoms with Crippen LogP contribution in [0.3, 0.4) is 0 Å². The topological polar surface area (TPSA) is 17.1 Å². The molecule has 0 atom stereocenters. The zero-order valence-electron chi connectivity index (χ0n) is 8.24. The molecule has 0 heterocycles. The van der Waals surface area contributed by atoms with Crippen molar-refractivity contribution in [1.29, 1.82) is 0 Å². The molecule has 0 aromatic heterocycles. The fourth-order valence-corrected chi connectivity index (χ4v) is 2.12. The Labute approximate surface area is 71.2 Å². The van der Waals surface area contributed by atoms with E-state index < -0.39 is 8.07 Å². The van der Waals surface area contributed by atoms with Crippen LogP contribution in [0.15, 0.2) is 0 Å². The molecule has 0 amide bonds. The minimum absolute atomic E-state index is 0.557. The van der Waals surface area contributed by atoms with Gasteiger partial charge in [0.05, 0.1) is 0 Å². The van der Waals surface area contributed by atoms with Gasteiger partial charge in [-0.05, 0) is 6.42 Å². The Hall–Kier alpha value is -0.113. The van der Waals surface area contributed by atoms with Crippen molar-refractivity contribution in [2.75, 3.05) is 0 Å². The zero-order valence-corrected chi connectivity index (χ0v) is 9.24. The van der Waals surface area contributed by atoms with Crippen LogP contribution in [0.25, 0.3) is 0 Å². The minimum atomic E-state index is -1.46. The molecule has 0 saturated carbocycles. The lowest BCUT2D eigenvalue weighted by molar-refractivity contribution is -0.112. The molecule has 0 aliphatic heterocycles. The van der Waals surface area contributed by atoms with E-state index in [-0.39, 0.29) is 0 Å². The van der Waals surface area contributed by atoms with Crippen molar-refractivity contribution >= 4 is 13.5 Å². The van der Waals surface area contributed by atoms with Crippen LogP contribution in [-0.4, -0.2) is 13.5 Å². The fraction of sp³-hybridized carbons (Fsp3) is 0.889. The molecule has 0 aromatic carbocycles. The molecular formula is C9H20OSi. The van der Waals surface area contributed by atoms with Gasteiger partial charge in [0, 0.05) is 6.42 Å². The number of hydrogen-bond donors (Lipinski definition) is 0. The average Bonchev–Trinajstić information content (AvgIpc) is 2.00. The van der Waals surface area contributed by atoms with Gasteiger partial charge in [-0.25, -0.2) is 0 Å². The van der Waals surface area contributed by atoms with Gasteiger partial charge in [-0.1, -0.05) is 39.4 Å². The number of unbranched alkanes of at least 4 members (excludes halogenated alkanes) is 1. The number of rotatable bonds is 5. The summed E-state index contributed by atoms with van der Waals surface area (Å²) in [5.74, 6) is 0. The maximum atomic E-state index is 11.5. The highest BCUT2D eigenvalue weighted by molar-refractivity contribution is 7.04. The first-order valence-electron chi connectivity index (χ1n) is 4.58. The van der Waals surface area contributed by atoms with E-state index in [2.05, 4.69) is 26.9 Å². The average molecular weight is 172 g/mol. The molecule has 0 bridgehead atoms. The Kier molecular flexibility index (Phi) is 4.65. The fourth-order valence-electron chi connectivity index (χ4n) is 0.873. The molecule has 0 aliphatic carbocycles. The summed E-state index contributed by atoms with van der Waals surface area (Å²) in [6.45, 7) is 8.61. The van der Waals surface area contributed by atoms with Gasteiger partial charge in [-0.3, -0.25) is 0 Å². The predicted molar refractivity (Wildman–Crippen MR) is 52.5 cm³/mol. The van der Waals surface area contributed by atoms with E-state index >= 15 is 0 Å². The van der Waals surface area contributed by atoms with Crippen molar-refractivity contribution < 1.29 is 4.79 Å². The Balaban J connectivity index is 3.82. The molecule has 0 fully saturated rings. The summed E-state index contributed by atoms with van der Waals surface area (Å²) in [7, 11) is -1.46. The van der Waals surface area contributed by atoms with Gasteiger partial charge < -0.3 is 4.79 Å². The highest BCUT2D eigenvalue weighted by Crippen LogP contribution is 2.13. The molecule has 0 unspecified atom stereocenters. The molecule has 2 heteroatoms. The Morgan fingerprint density at radius 3 is 2.18 bits per heavy atom. The van der Waals surface area contributed by atoms with Crippen molar-refractivity contribution in [2.24, 2.45) is 0 Å². The monoisotopic (exact) mass is 172 g/mol. The van der Waals surface area contributed by atoms with E-state index in [0.717, 1.165) is 25.3 Å². The second-order valence-corrected chi connectivity index (χ2v) is 8.80. The van der Waals surface area contributed by atoms with Crippen LogP contribution < -0.4 is 0 Å². The van der Waals surface area contributed by atoms with Crippen molar-refractivity contribution in [3.05, 3.63) is 0 Å². The summed E-state index contributed by atoms with van der Waals surface area (Å²) < 4.78 is 0. The molecule has 0 N–H and O–H groups in total. The van der Waals surface area contributed by atoms with Gasteiger partial charge in [0.25, 0.3) is 0 Å². The van der Waals surface area contributed by atoms with Crippen molar-refractivity contribution in [3.8, 4) is 0 Å². The largest absolute Gasteiger partial charge is 0.305 e. The van der Waals surface area contributed by atoms with Gasteiger partial charge in [-0.15, -0.1) is 0 Å². The van der Waals surface area contributed by atoms with Gasteiger partial charge in [-0.2, -0.15) is 0 Å². The predicted octanol–water partition coefficient (Wildman–Crippen LogP) is 3.01. The molecule has 0 aliphatic rings. The number of hydrogen-bond acceptors (Lipinski definition) is 1. The zero-order chi connectivity index (χ0) is 8.91. The SMILES string of the molecule is CCCCC(=O)[Si](C)(C)CC. The van der Waals surface area contributed by atoms with Crippen LogP contribution in [0.2, 0.25) is 19.1 Å². The smallest absolute Gasteiger partial charge is 0.126 e. The first-order valence-corrected chi connectivity index (χ1v) is 7.78. The minimum Gasteiger partial charge on any atom is -0.305 e. The van der Waals surface area contributed by atoms with E-state index in [1.54, 1.807) is 0 Å². The van der Waals surface area contributed by atoms with Crippen LogP contribution in [0, 0.1) is 0 Å². The summed E-state index contributed by atoms with van der Waals surface area (Å²) in [5, 5.41) is 0.557. The molecule has 0 rings (SSSR count). The lowest BCUT2D eigenvalue weighted by atomic mass is 10.3. The second kappa shape index (κ2) is 4.70. The maximum Gasteiger partial charge on any atom is 0.126 e. The third kappa shape index (κ3) is 3.70. The molecule has 0 radical (unpaired) electrons. The molecule has 0 saturated heterocycles. The highest BCUT2D eigenvalue weighted by atomic mass is 28.3. The van der Waals surface area contributed by atoms with E-state index in [1.807, 2.05) is 0 Å². The van der Waals surface area contributed by atoms with Crippen LogP contribution in [0.5, 0.6) is 0 Å². The first kappa shape index (κ1) is 10.9. The Morgan fingerprint density at radius 1 is 1.27 bits per heavy atom. The van der Waals surface area contributed by atoms with Gasteiger partial charge in [0.1, 0.15) is 13.5 Å². The Bertz CT molecular complexity index is 130.